The van der Waals surface area contributed by atoms with E-state index < -0.39 is 18.2 Å². The van der Waals surface area contributed by atoms with Crippen LogP contribution in [0.25, 0.3) is 0 Å². The number of carbonyl (C=O) groups is 1. The number of aliphatic carboxylic acids is 1. The molecule has 0 radical (unpaired) electrons. The zero-order chi connectivity index (χ0) is 17.3. The van der Waals surface area contributed by atoms with Crippen LogP contribution >= 0.6 is 0 Å². The van der Waals surface area contributed by atoms with Crippen LogP contribution in [0.2, 0.25) is 0 Å². The Morgan fingerprint density at radius 1 is 0.739 bits per heavy atom. The monoisotopic (exact) mass is 330 g/mol. The first-order valence-corrected chi connectivity index (χ1v) is 8.93. The molecule has 4 N–H and O–H groups in total. The molecule has 0 spiro atoms. The molecule has 0 saturated carbocycles. The fourth-order valence-corrected chi connectivity index (χ4v) is 2.43. The average molecular weight is 330 g/mol. The minimum absolute atomic E-state index is 0.185. The quantitative estimate of drug-likeness (QED) is 0.258. The highest BCUT2D eigenvalue weighted by Crippen LogP contribution is 2.11. The Morgan fingerprint density at radius 3 is 1.65 bits per heavy atom. The maximum absolute atomic E-state index is 10.3. The molecule has 0 saturated heterocycles. The van der Waals surface area contributed by atoms with Crippen molar-refractivity contribution in [2.75, 3.05) is 6.61 Å². The fraction of sp³-hybridized carbons (Fsp3) is 0.833. The lowest BCUT2D eigenvalue weighted by Gasteiger charge is -2.08. The normalized spacial score (nSPS) is 14.2. The minimum atomic E-state index is -0.776. The van der Waals surface area contributed by atoms with Crippen LogP contribution in [0.1, 0.15) is 77.0 Å². The van der Waals surface area contributed by atoms with Crippen molar-refractivity contribution < 1.29 is 25.2 Å². The summed E-state index contributed by atoms with van der Waals surface area (Å²) < 4.78 is 0. The molecule has 23 heavy (non-hydrogen) atoms. The van der Waals surface area contributed by atoms with Gasteiger partial charge in [-0.3, -0.25) is 4.79 Å². The molecule has 0 aliphatic heterocycles. The van der Waals surface area contributed by atoms with E-state index in [9.17, 15) is 15.0 Å². The summed E-state index contributed by atoms with van der Waals surface area (Å²) in [5, 5.41) is 36.8. The Kier molecular flexibility index (Phi) is 15.3. The third kappa shape index (κ3) is 17.3. The number of hydrogen-bond acceptors (Lipinski definition) is 4. The standard InChI is InChI=1S/C18H34O5/c19-15-9-4-2-1-3-6-10-16(20)13-14-17(21)11-7-5-8-12-18(22)23/h13-14,16-17,19-21H,1-12,15H2,(H,22,23)/b14-13+. The molecule has 136 valence electrons. The van der Waals surface area contributed by atoms with Crippen molar-refractivity contribution in [3.8, 4) is 0 Å². The summed E-state index contributed by atoms with van der Waals surface area (Å²) in [7, 11) is 0. The zero-order valence-corrected chi connectivity index (χ0v) is 14.2. The van der Waals surface area contributed by atoms with Crippen LogP contribution in [0.5, 0.6) is 0 Å². The van der Waals surface area contributed by atoms with Gasteiger partial charge in [-0.2, -0.15) is 0 Å². The Hall–Kier alpha value is -0.910. The molecule has 2 unspecified atom stereocenters. The van der Waals surface area contributed by atoms with Crippen molar-refractivity contribution in [3.63, 3.8) is 0 Å². The Bertz CT molecular complexity index is 304. The topological polar surface area (TPSA) is 98.0 Å². The zero-order valence-electron chi connectivity index (χ0n) is 14.2. The molecule has 0 fully saturated rings. The van der Waals surface area contributed by atoms with Gasteiger partial charge in [0.25, 0.3) is 0 Å². The van der Waals surface area contributed by atoms with E-state index in [-0.39, 0.29) is 13.0 Å². The van der Waals surface area contributed by atoms with E-state index in [0.717, 1.165) is 51.4 Å². The van der Waals surface area contributed by atoms with E-state index in [0.29, 0.717) is 19.3 Å². The maximum atomic E-state index is 10.3. The number of aliphatic hydroxyl groups excluding tert-OH is 3. The summed E-state index contributed by atoms with van der Waals surface area (Å²) >= 11 is 0. The highest BCUT2D eigenvalue weighted by atomic mass is 16.4. The van der Waals surface area contributed by atoms with Crippen LogP contribution in [-0.2, 0) is 4.79 Å². The van der Waals surface area contributed by atoms with E-state index in [2.05, 4.69) is 0 Å². The van der Waals surface area contributed by atoms with Gasteiger partial charge < -0.3 is 20.4 Å². The lowest BCUT2D eigenvalue weighted by atomic mass is 10.1. The van der Waals surface area contributed by atoms with Gasteiger partial charge in [0, 0.05) is 13.0 Å². The van der Waals surface area contributed by atoms with Crippen LogP contribution in [0, 0.1) is 0 Å². The summed E-state index contributed by atoms with van der Waals surface area (Å²) in [6, 6.07) is 0. The van der Waals surface area contributed by atoms with Gasteiger partial charge in [0.2, 0.25) is 0 Å². The van der Waals surface area contributed by atoms with Gasteiger partial charge in [-0.1, -0.05) is 57.1 Å². The second kappa shape index (κ2) is 16.0. The molecule has 5 nitrogen and oxygen atoms in total. The van der Waals surface area contributed by atoms with Crippen LogP contribution in [0.15, 0.2) is 12.2 Å². The van der Waals surface area contributed by atoms with E-state index >= 15 is 0 Å². The Labute approximate surface area is 140 Å². The van der Waals surface area contributed by atoms with Gasteiger partial charge in [0.1, 0.15) is 0 Å². The van der Waals surface area contributed by atoms with Crippen molar-refractivity contribution in [1.29, 1.82) is 0 Å². The van der Waals surface area contributed by atoms with E-state index in [1.165, 1.54) is 0 Å². The molecule has 0 rings (SSSR count). The van der Waals surface area contributed by atoms with Gasteiger partial charge in [0.05, 0.1) is 12.2 Å². The van der Waals surface area contributed by atoms with E-state index in [4.69, 9.17) is 10.2 Å². The van der Waals surface area contributed by atoms with E-state index in [1.807, 2.05) is 0 Å². The highest BCUT2D eigenvalue weighted by molar-refractivity contribution is 5.66. The van der Waals surface area contributed by atoms with Crippen molar-refractivity contribution in [3.05, 3.63) is 12.2 Å². The Balaban J connectivity index is 3.50. The van der Waals surface area contributed by atoms with Crippen LogP contribution in [0.4, 0.5) is 0 Å². The van der Waals surface area contributed by atoms with Gasteiger partial charge >= 0.3 is 5.97 Å². The molecular weight excluding hydrogens is 296 g/mol. The SMILES string of the molecule is O=C(O)CCCCCC(O)/C=C/C(O)CCCCCCCCO. The maximum Gasteiger partial charge on any atom is 0.303 e. The molecular formula is C18H34O5. The second-order valence-corrected chi connectivity index (χ2v) is 6.15. The van der Waals surface area contributed by atoms with Crippen molar-refractivity contribution in [2.24, 2.45) is 0 Å². The van der Waals surface area contributed by atoms with Gasteiger partial charge in [-0.15, -0.1) is 0 Å². The highest BCUT2D eigenvalue weighted by Gasteiger charge is 2.03. The van der Waals surface area contributed by atoms with Crippen molar-refractivity contribution in [1.82, 2.24) is 0 Å². The van der Waals surface area contributed by atoms with Crippen LogP contribution < -0.4 is 0 Å². The smallest absolute Gasteiger partial charge is 0.303 e. The predicted molar refractivity (Wildman–Crippen MR) is 91.3 cm³/mol. The van der Waals surface area contributed by atoms with Gasteiger partial charge in [-0.05, 0) is 25.7 Å². The number of unbranched alkanes of at least 4 members (excludes halogenated alkanes) is 7. The predicted octanol–water partition coefficient (Wildman–Crippen LogP) is 3.02. The molecule has 0 aliphatic carbocycles. The first kappa shape index (κ1) is 22.1. The molecule has 0 heterocycles. The molecule has 0 aromatic carbocycles. The van der Waals surface area contributed by atoms with Crippen LogP contribution in [-0.4, -0.2) is 45.2 Å². The lowest BCUT2D eigenvalue weighted by Crippen LogP contribution is -2.07. The molecule has 5 heteroatoms. The fourth-order valence-electron chi connectivity index (χ4n) is 2.43. The molecule has 0 aromatic rings. The summed E-state index contributed by atoms with van der Waals surface area (Å²) in [5.41, 5.74) is 0. The first-order valence-electron chi connectivity index (χ1n) is 8.93. The van der Waals surface area contributed by atoms with E-state index in [1.54, 1.807) is 12.2 Å². The number of aliphatic hydroxyl groups is 3. The summed E-state index contributed by atoms with van der Waals surface area (Å²) in [6.07, 6.45) is 12.2. The lowest BCUT2D eigenvalue weighted by molar-refractivity contribution is -0.137. The van der Waals surface area contributed by atoms with Crippen molar-refractivity contribution in [2.45, 2.75) is 89.3 Å². The number of rotatable bonds is 16. The number of carboxylic acids is 1. The first-order chi connectivity index (χ1) is 11.1. The average Bonchev–Trinajstić information content (AvgIpc) is 2.51. The molecule has 2 atom stereocenters. The number of carboxylic acid groups (broad SMARTS) is 1. The third-order valence-corrected chi connectivity index (χ3v) is 3.85. The van der Waals surface area contributed by atoms with Crippen molar-refractivity contribution >= 4 is 5.97 Å². The molecule has 0 aliphatic rings. The number of hydrogen-bond donors (Lipinski definition) is 4. The second-order valence-electron chi connectivity index (χ2n) is 6.15. The molecule has 0 aromatic heterocycles. The van der Waals surface area contributed by atoms with Gasteiger partial charge in [0.15, 0.2) is 0 Å². The summed E-state index contributed by atoms with van der Waals surface area (Å²) in [6.45, 7) is 0.269. The van der Waals surface area contributed by atoms with Gasteiger partial charge in [-0.25, -0.2) is 0 Å². The largest absolute Gasteiger partial charge is 0.481 e. The summed E-state index contributed by atoms with van der Waals surface area (Å²) in [4.78, 5) is 10.3. The minimum Gasteiger partial charge on any atom is -0.481 e. The molecule has 0 bridgehead atoms. The van der Waals surface area contributed by atoms with Crippen LogP contribution in [0.3, 0.4) is 0 Å². The Morgan fingerprint density at radius 2 is 1.17 bits per heavy atom. The summed E-state index contributed by atoms with van der Waals surface area (Å²) in [5.74, 6) is -0.776. The third-order valence-electron chi connectivity index (χ3n) is 3.85. The molecule has 0 amide bonds.